The maximum atomic E-state index is 13.6. The van der Waals surface area contributed by atoms with E-state index in [0.717, 1.165) is 0 Å². The Morgan fingerprint density at radius 1 is 1.04 bits per heavy atom. The number of nitrogens with zero attached hydrogens (tertiary/aromatic N) is 1. The van der Waals surface area contributed by atoms with Crippen molar-refractivity contribution in [2.45, 2.75) is 12.8 Å². The lowest BCUT2D eigenvalue weighted by atomic mass is 9.95. The highest BCUT2D eigenvalue weighted by atomic mass is 35.5. The molecule has 0 bridgehead atoms. The second-order valence-corrected chi connectivity index (χ2v) is 6.48. The third-order valence-corrected chi connectivity index (χ3v) is 4.63. The summed E-state index contributed by atoms with van der Waals surface area (Å²) in [5.74, 6) is -0.951. The van der Waals surface area contributed by atoms with Gasteiger partial charge < -0.3 is 10.2 Å². The van der Waals surface area contributed by atoms with Gasteiger partial charge in [-0.15, -0.1) is 0 Å². The molecular weight excluding hydrogens is 343 g/mol. The minimum atomic E-state index is -0.453. The van der Waals surface area contributed by atoms with E-state index in [2.05, 4.69) is 5.32 Å². The van der Waals surface area contributed by atoms with Gasteiger partial charge >= 0.3 is 0 Å². The van der Waals surface area contributed by atoms with Crippen LogP contribution in [0.25, 0.3) is 0 Å². The lowest BCUT2D eigenvalue weighted by Gasteiger charge is -2.31. The van der Waals surface area contributed by atoms with Gasteiger partial charge in [0.15, 0.2) is 0 Å². The summed E-state index contributed by atoms with van der Waals surface area (Å²) in [7, 11) is 0. The molecule has 2 amide bonds. The Kier molecular flexibility index (Phi) is 5.34. The molecule has 0 saturated carbocycles. The molecule has 6 heteroatoms. The lowest BCUT2D eigenvalue weighted by molar-refractivity contribution is -0.121. The molecule has 0 radical (unpaired) electrons. The fourth-order valence-corrected chi connectivity index (χ4v) is 3.04. The number of carbonyl (C=O) groups excluding carboxylic acids is 2. The molecule has 0 aliphatic carbocycles. The normalized spacial score (nSPS) is 15.0. The Balaban J connectivity index is 1.56. The maximum absolute atomic E-state index is 13.6. The van der Waals surface area contributed by atoms with E-state index in [1.165, 1.54) is 12.1 Å². The predicted octanol–water partition coefficient (Wildman–Crippen LogP) is 3.97. The minimum Gasteiger partial charge on any atom is -0.339 e. The molecule has 1 saturated heterocycles. The lowest BCUT2D eigenvalue weighted by Crippen LogP contribution is -2.41. The monoisotopic (exact) mass is 360 g/mol. The van der Waals surface area contributed by atoms with Crippen molar-refractivity contribution in [1.82, 2.24) is 4.90 Å². The van der Waals surface area contributed by atoms with Gasteiger partial charge in [0.2, 0.25) is 5.91 Å². The van der Waals surface area contributed by atoms with Crippen LogP contribution in [0.1, 0.15) is 23.2 Å². The second-order valence-electron chi connectivity index (χ2n) is 6.04. The Hall–Kier alpha value is -2.40. The molecule has 1 fully saturated rings. The van der Waals surface area contributed by atoms with Gasteiger partial charge in [0.25, 0.3) is 5.91 Å². The topological polar surface area (TPSA) is 49.4 Å². The Morgan fingerprint density at radius 2 is 1.68 bits per heavy atom. The van der Waals surface area contributed by atoms with Gasteiger partial charge in [-0.05, 0) is 49.2 Å². The first kappa shape index (κ1) is 17.4. The number of rotatable bonds is 3. The number of carbonyl (C=O) groups is 2. The van der Waals surface area contributed by atoms with E-state index in [9.17, 15) is 14.0 Å². The molecule has 4 nitrogen and oxygen atoms in total. The summed E-state index contributed by atoms with van der Waals surface area (Å²) < 4.78 is 13.6. The van der Waals surface area contributed by atoms with E-state index in [4.69, 9.17) is 11.6 Å². The largest absolute Gasteiger partial charge is 0.339 e. The van der Waals surface area contributed by atoms with Crippen LogP contribution in [-0.2, 0) is 4.79 Å². The van der Waals surface area contributed by atoms with Crippen molar-refractivity contribution in [3.8, 4) is 0 Å². The van der Waals surface area contributed by atoms with E-state index in [1.54, 1.807) is 41.3 Å². The number of hydrogen-bond acceptors (Lipinski definition) is 2. The van der Waals surface area contributed by atoms with Crippen molar-refractivity contribution in [1.29, 1.82) is 0 Å². The standard InChI is InChI=1S/C19H18ClFN2O2/c20-15-7-5-14(6-8-15)19(25)23-11-9-13(10-12-23)18(24)22-17-4-2-1-3-16(17)21/h1-8,13H,9-12H2,(H,22,24). The van der Waals surface area contributed by atoms with Crippen LogP contribution < -0.4 is 5.32 Å². The summed E-state index contributed by atoms with van der Waals surface area (Å²) in [6.07, 6.45) is 1.11. The van der Waals surface area contributed by atoms with E-state index in [-0.39, 0.29) is 23.4 Å². The van der Waals surface area contributed by atoms with Crippen LogP contribution in [0.2, 0.25) is 5.02 Å². The SMILES string of the molecule is O=C(Nc1ccccc1F)C1CCN(C(=O)c2ccc(Cl)cc2)CC1. The summed E-state index contributed by atoms with van der Waals surface area (Å²) in [5.41, 5.74) is 0.769. The summed E-state index contributed by atoms with van der Waals surface area (Å²) in [6.45, 7) is 0.994. The molecule has 0 spiro atoms. The Bertz CT molecular complexity index is 771. The van der Waals surface area contributed by atoms with Crippen LogP contribution in [0, 0.1) is 11.7 Å². The highest BCUT2D eigenvalue weighted by Gasteiger charge is 2.28. The van der Waals surface area contributed by atoms with E-state index < -0.39 is 5.82 Å². The number of nitrogens with one attached hydrogen (secondary N) is 1. The van der Waals surface area contributed by atoms with Crippen molar-refractivity contribution in [3.05, 3.63) is 64.9 Å². The smallest absolute Gasteiger partial charge is 0.253 e. The van der Waals surface area contributed by atoms with Crippen LogP contribution in [0.4, 0.5) is 10.1 Å². The Morgan fingerprint density at radius 3 is 2.32 bits per heavy atom. The van der Waals surface area contributed by atoms with Crippen LogP contribution in [0.15, 0.2) is 48.5 Å². The molecule has 2 aromatic carbocycles. The molecule has 1 aliphatic rings. The number of benzene rings is 2. The van der Waals surface area contributed by atoms with Crippen LogP contribution in [-0.4, -0.2) is 29.8 Å². The molecule has 1 N–H and O–H groups in total. The average Bonchev–Trinajstić information content (AvgIpc) is 2.64. The number of amides is 2. The highest BCUT2D eigenvalue weighted by Crippen LogP contribution is 2.22. The van der Waals surface area contributed by atoms with Crippen LogP contribution in [0.5, 0.6) is 0 Å². The summed E-state index contributed by atoms with van der Waals surface area (Å²) >= 11 is 5.84. The molecule has 2 aromatic rings. The summed E-state index contributed by atoms with van der Waals surface area (Å²) in [4.78, 5) is 26.5. The number of halogens is 2. The average molecular weight is 361 g/mol. The summed E-state index contributed by atoms with van der Waals surface area (Å²) in [6, 6.07) is 12.9. The van der Waals surface area contributed by atoms with Crippen LogP contribution in [0.3, 0.4) is 0 Å². The van der Waals surface area contributed by atoms with Crippen molar-refractivity contribution in [3.63, 3.8) is 0 Å². The van der Waals surface area contributed by atoms with Crippen molar-refractivity contribution in [2.24, 2.45) is 5.92 Å². The first-order chi connectivity index (χ1) is 12.0. The molecule has 0 unspecified atom stereocenters. The second kappa shape index (κ2) is 7.66. The van der Waals surface area contributed by atoms with Gasteiger partial charge in [-0.2, -0.15) is 0 Å². The van der Waals surface area contributed by atoms with E-state index in [1.807, 2.05) is 0 Å². The molecule has 3 rings (SSSR count). The van der Waals surface area contributed by atoms with Gasteiger partial charge in [-0.3, -0.25) is 9.59 Å². The molecule has 1 heterocycles. The fraction of sp³-hybridized carbons (Fsp3) is 0.263. The fourth-order valence-electron chi connectivity index (χ4n) is 2.92. The summed E-state index contributed by atoms with van der Waals surface area (Å²) in [5, 5.41) is 3.21. The molecular formula is C19H18ClFN2O2. The minimum absolute atomic E-state index is 0.0652. The number of hydrogen-bond donors (Lipinski definition) is 1. The first-order valence-corrected chi connectivity index (χ1v) is 8.52. The predicted molar refractivity (Wildman–Crippen MR) is 95.1 cm³/mol. The van der Waals surface area contributed by atoms with E-state index >= 15 is 0 Å². The Labute approximate surface area is 150 Å². The molecule has 0 atom stereocenters. The molecule has 25 heavy (non-hydrogen) atoms. The van der Waals surface area contributed by atoms with Crippen molar-refractivity contribution in [2.75, 3.05) is 18.4 Å². The first-order valence-electron chi connectivity index (χ1n) is 8.15. The van der Waals surface area contributed by atoms with Gasteiger partial charge in [-0.25, -0.2) is 4.39 Å². The highest BCUT2D eigenvalue weighted by molar-refractivity contribution is 6.30. The third-order valence-electron chi connectivity index (χ3n) is 4.38. The van der Waals surface area contributed by atoms with Crippen molar-refractivity contribution >= 4 is 29.1 Å². The van der Waals surface area contributed by atoms with Gasteiger partial charge in [-0.1, -0.05) is 23.7 Å². The molecule has 130 valence electrons. The third kappa shape index (κ3) is 4.17. The zero-order valence-corrected chi connectivity index (χ0v) is 14.3. The quantitative estimate of drug-likeness (QED) is 0.900. The number of piperidine rings is 1. The van der Waals surface area contributed by atoms with Crippen LogP contribution >= 0.6 is 11.6 Å². The van der Waals surface area contributed by atoms with Gasteiger partial charge in [0.1, 0.15) is 5.82 Å². The van der Waals surface area contributed by atoms with Gasteiger partial charge in [0.05, 0.1) is 5.69 Å². The zero-order valence-electron chi connectivity index (χ0n) is 13.5. The molecule has 1 aliphatic heterocycles. The number of likely N-dealkylation sites (tertiary alicyclic amines) is 1. The molecule has 0 aromatic heterocycles. The zero-order chi connectivity index (χ0) is 17.8. The van der Waals surface area contributed by atoms with Crippen molar-refractivity contribution < 1.29 is 14.0 Å². The van der Waals surface area contributed by atoms with E-state index in [0.29, 0.717) is 36.5 Å². The number of anilines is 1. The maximum Gasteiger partial charge on any atom is 0.253 e. The number of para-hydroxylation sites is 1. The van der Waals surface area contributed by atoms with Gasteiger partial charge in [0, 0.05) is 29.6 Å².